The Morgan fingerprint density at radius 1 is 1.32 bits per heavy atom. The first-order valence-corrected chi connectivity index (χ1v) is 6.42. The topological polar surface area (TPSA) is 92.2 Å². The van der Waals surface area contributed by atoms with Gasteiger partial charge in [0.2, 0.25) is 5.91 Å². The zero-order valence-electron chi connectivity index (χ0n) is 10.2. The summed E-state index contributed by atoms with van der Waals surface area (Å²) < 4.78 is 0. The maximum atomic E-state index is 11.9. The summed E-state index contributed by atoms with van der Waals surface area (Å²) in [5, 5.41) is 19.4. The number of carboxylic acid groups (broad SMARTS) is 1. The fourth-order valence-corrected chi connectivity index (χ4v) is 2.50. The summed E-state index contributed by atoms with van der Waals surface area (Å²) in [7, 11) is 0. The van der Waals surface area contributed by atoms with Crippen molar-refractivity contribution < 1.29 is 14.7 Å². The Morgan fingerprint density at radius 2 is 2.00 bits per heavy atom. The van der Waals surface area contributed by atoms with Gasteiger partial charge in [0, 0.05) is 6.42 Å². The number of hydrogen-bond donors (Lipinski definition) is 2. The molecule has 1 aliphatic rings. The number of amides is 1. The van der Waals surface area contributed by atoms with Crippen LogP contribution in [0.25, 0.3) is 0 Å². The lowest BCUT2D eigenvalue weighted by atomic mass is 9.82. The van der Waals surface area contributed by atoms with E-state index in [1.54, 1.807) is 0 Å². The number of rotatable bonds is 4. The van der Waals surface area contributed by atoms with Gasteiger partial charge < -0.3 is 10.4 Å². The molecule has 2 rings (SSSR count). The van der Waals surface area contributed by atoms with Gasteiger partial charge in [0.25, 0.3) is 0 Å². The Labute approximate surface area is 115 Å². The summed E-state index contributed by atoms with van der Waals surface area (Å²) in [6.07, 6.45) is 2.75. The van der Waals surface area contributed by atoms with E-state index in [0.29, 0.717) is 12.8 Å². The lowest BCUT2D eigenvalue weighted by Gasteiger charge is -2.22. The number of carbonyl (C=O) groups is 2. The molecule has 0 spiro atoms. The molecule has 0 aliphatic heterocycles. The molecule has 0 bridgehead atoms. The standard InChI is InChI=1S/C12H14ClN3O3/c13-8-3-4-9(16-15-8)14-10(17)7-12(11(18)19)5-1-2-6-12/h3-4H,1-2,5-7H2,(H,18,19)(H,14,16,17). The number of halogens is 1. The van der Waals surface area contributed by atoms with E-state index in [-0.39, 0.29) is 23.3 Å². The smallest absolute Gasteiger partial charge is 0.310 e. The van der Waals surface area contributed by atoms with Gasteiger partial charge in [-0.3, -0.25) is 9.59 Å². The number of aliphatic carboxylic acids is 1. The molecule has 0 atom stereocenters. The summed E-state index contributed by atoms with van der Waals surface area (Å²) >= 11 is 5.59. The average Bonchev–Trinajstić information content (AvgIpc) is 2.82. The normalized spacial score (nSPS) is 17.1. The van der Waals surface area contributed by atoms with Gasteiger partial charge in [-0.2, -0.15) is 0 Å². The molecule has 1 aliphatic carbocycles. The molecule has 1 saturated carbocycles. The molecule has 0 unspecified atom stereocenters. The Bertz CT molecular complexity index is 483. The van der Waals surface area contributed by atoms with Crippen LogP contribution in [-0.2, 0) is 9.59 Å². The first-order valence-electron chi connectivity index (χ1n) is 6.04. The van der Waals surface area contributed by atoms with E-state index in [9.17, 15) is 14.7 Å². The molecule has 1 aromatic rings. The molecule has 102 valence electrons. The monoisotopic (exact) mass is 283 g/mol. The van der Waals surface area contributed by atoms with Crippen LogP contribution in [0.15, 0.2) is 12.1 Å². The first kappa shape index (κ1) is 13.7. The highest BCUT2D eigenvalue weighted by molar-refractivity contribution is 6.29. The van der Waals surface area contributed by atoms with Crippen LogP contribution in [0.4, 0.5) is 5.82 Å². The SMILES string of the molecule is O=C(CC1(C(=O)O)CCCC1)Nc1ccc(Cl)nn1. The largest absolute Gasteiger partial charge is 0.481 e. The predicted octanol–water partition coefficient (Wildman–Crippen LogP) is 2.10. The van der Waals surface area contributed by atoms with Crippen molar-refractivity contribution in [2.24, 2.45) is 5.41 Å². The molecule has 7 heteroatoms. The van der Waals surface area contributed by atoms with Crippen molar-refractivity contribution in [2.75, 3.05) is 5.32 Å². The molecule has 1 amide bonds. The van der Waals surface area contributed by atoms with E-state index in [1.165, 1.54) is 12.1 Å². The summed E-state index contributed by atoms with van der Waals surface area (Å²) in [6, 6.07) is 3.03. The third-order valence-corrected chi connectivity index (χ3v) is 3.61. The van der Waals surface area contributed by atoms with E-state index >= 15 is 0 Å². The number of carbonyl (C=O) groups excluding carboxylic acids is 1. The summed E-state index contributed by atoms with van der Waals surface area (Å²) in [5.74, 6) is -0.990. The highest BCUT2D eigenvalue weighted by Crippen LogP contribution is 2.41. The van der Waals surface area contributed by atoms with E-state index in [1.807, 2.05) is 0 Å². The lowest BCUT2D eigenvalue weighted by Crippen LogP contribution is -2.32. The van der Waals surface area contributed by atoms with Crippen molar-refractivity contribution in [3.8, 4) is 0 Å². The number of hydrogen-bond acceptors (Lipinski definition) is 4. The molecular formula is C12H14ClN3O3. The van der Waals surface area contributed by atoms with Crippen molar-refractivity contribution in [1.82, 2.24) is 10.2 Å². The molecule has 2 N–H and O–H groups in total. The minimum Gasteiger partial charge on any atom is -0.481 e. The highest BCUT2D eigenvalue weighted by Gasteiger charge is 2.42. The summed E-state index contributed by atoms with van der Waals surface area (Å²) in [6.45, 7) is 0. The van der Waals surface area contributed by atoms with Gasteiger partial charge in [0.1, 0.15) is 0 Å². The molecular weight excluding hydrogens is 270 g/mol. The van der Waals surface area contributed by atoms with Crippen molar-refractivity contribution >= 4 is 29.3 Å². The molecule has 0 saturated heterocycles. The highest BCUT2D eigenvalue weighted by atomic mass is 35.5. The lowest BCUT2D eigenvalue weighted by molar-refractivity contribution is -0.150. The van der Waals surface area contributed by atoms with E-state index in [2.05, 4.69) is 15.5 Å². The van der Waals surface area contributed by atoms with Crippen LogP contribution in [0.1, 0.15) is 32.1 Å². The van der Waals surface area contributed by atoms with Crippen LogP contribution in [-0.4, -0.2) is 27.2 Å². The van der Waals surface area contributed by atoms with Crippen molar-refractivity contribution in [3.05, 3.63) is 17.3 Å². The fraction of sp³-hybridized carbons (Fsp3) is 0.500. The Balaban J connectivity index is 2.00. The third-order valence-electron chi connectivity index (χ3n) is 3.41. The quantitative estimate of drug-likeness (QED) is 0.883. The second kappa shape index (κ2) is 5.52. The fourth-order valence-electron chi connectivity index (χ4n) is 2.40. The maximum absolute atomic E-state index is 11.9. The Hall–Kier alpha value is -1.69. The average molecular weight is 284 g/mol. The number of nitrogens with zero attached hydrogens (tertiary/aromatic N) is 2. The van der Waals surface area contributed by atoms with Crippen LogP contribution >= 0.6 is 11.6 Å². The maximum Gasteiger partial charge on any atom is 0.310 e. The van der Waals surface area contributed by atoms with Crippen molar-refractivity contribution in [1.29, 1.82) is 0 Å². The third kappa shape index (κ3) is 3.20. The number of nitrogens with one attached hydrogen (secondary N) is 1. The first-order chi connectivity index (χ1) is 9.02. The zero-order chi connectivity index (χ0) is 13.9. The molecule has 1 heterocycles. The second-order valence-corrected chi connectivity index (χ2v) is 5.15. The van der Waals surface area contributed by atoms with Gasteiger partial charge in [-0.1, -0.05) is 24.4 Å². The molecule has 0 aromatic carbocycles. The van der Waals surface area contributed by atoms with E-state index in [0.717, 1.165) is 12.8 Å². The van der Waals surface area contributed by atoms with Gasteiger partial charge in [-0.05, 0) is 25.0 Å². The van der Waals surface area contributed by atoms with Crippen molar-refractivity contribution in [2.45, 2.75) is 32.1 Å². The van der Waals surface area contributed by atoms with Gasteiger partial charge >= 0.3 is 5.97 Å². The molecule has 0 radical (unpaired) electrons. The van der Waals surface area contributed by atoms with Gasteiger partial charge in [0.05, 0.1) is 5.41 Å². The van der Waals surface area contributed by atoms with Crippen LogP contribution in [0.3, 0.4) is 0 Å². The van der Waals surface area contributed by atoms with E-state index < -0.39 is 11.4 Å². The van der Waals surface area contributed by atoms with Crippen molar-refractivity contribution in [3.63, 3.8) is 0 Å². The van der Waals surface area contributed by atoms with Gasteiger partial charge in [-0.15, -0.1) is 10.2 Å². The van der Waals surface area contributed by atoms with Gasteiger partial charge in [0.15, 0.2) is 11.0 Å². The zero-order valence-corrected chi connectivity index (χ0v) is 11.0. The van der Waals surface area contributed by atoms with Crippen LogP contribution in [0, 0.1) is 5.41 Å². The van der Waals surface area contributed by atoms with Crippen LogP contribution in [0.2, 0.25) is 5.15 Å². The second-order valence-electron chi connectivity index (χ2n) is 4.76. The summed E-state index contributed by atoms with van der Waals surface area (Å²) in [5.41, 5.74) is -0.927. The predicted molar refractivity (Wildman–Crippen MR) is 68.8 cm³/mol. The Morgan fingerprint density at radius 3 is 2.53 bits per heavy atom. The molecule has 19 heavy (non-hydrogen) atoms. The van der Waals surface area contributed by atoms with E-state index in [4.69, 9.17) is 11.6 Å². The van der Waals surface area contributed by atoms with Crippen LogP contribution < -0.4 is 5.32 Å². The number of aromatic nitrogens is 2. The molecule has 6 nitrogen and oxygen atoms in total. The number of carboxylic acids is 1. The van der Waals surface area contributed by atoms with Gasteiger partial charge in [-0.25, -0.2) is 0 Å². The number of anilines is 1. The minimum absolute atomic E-state index is 0.0351. The minimum atomic E-state index is -0.927. The Kier molecular flexibility index (Phi) is 3.99. The molecule has 1 aromatic heterocycles. The molecule has 1 fully saturated rings. The van der Waals surface area contributed by atoms with Crippen LogP contribution in [0.5, 0.6) is 0 Å². The summed E-state index contributed by atoms with van der Waals surface area (Å²) in [4.78, 5) is 23.2.